The number of furan rings is 1. The van der Waals surface area contributed by atoms with Gasteiger partial charge in [0, 0.05) is 30.6 Å². The topological polar surface area (TPSA) is 137 Å². The van der Waals surface area contributed by atoms with Crippen molar-refractivity contribution in [3.8, 4) is 0 Å². The van der Waals surface area contributed by atoms with E-state index in [0.29, 0.717) is 28.3 Å². The molecule has 1 aliphatic heterocycles. The van der Waals surface area contributed by atoms with Crippen LogP contribution in [-0.2, 0) is 4.79 Å². The van der Waals surface area contributed by atoms with E-state index in [1.165, 1.54) is 0 Å². The fourth-order valence-corrected chi connectivity index (χ4v) is 3.93. The molecule has 1 saturated heterocycles. The van der Waals surface area contributed by atoms with Crippen molar-refractivity contribution in [2.75, 3.05) is 11.4 Å². The zero-order valence-electron chi connectivity index (χ0n) is 16.0. The van der Waals surface area contributed by atoms with E-state index in [0.717, 1.165) is 5.39 Å². The molecule has 2 unspecified atom stereocenters. The molecule has 1 amide bonds. The minimum Gasteiger partial charge on any atom is -0.480 e. The Morgan fingerprint density at radius 3 is 2.87 bits per heavy atom. The Morgan fingerprint density at radius 2 is 2.10 bits per heavy atom. The second-order valence-corrected chi connectivity index (χ2v) is 7.24. The summed E-state index contributed by atoms with van der Waals surface area (Å²) in [5.74, 6) is -0.429. The summed E-state index contributed by atoms with van der Waals surface area (Å²) in [5.41, 5.74) is 1.98. The highest BCUT2D eigenvalue weighted by atomic mass is 16.4. The molecule has 1 aliphatic rings. The van der Waals surface area contributed by atoms with Crippen LogP contribution in [0, 0.1) is 6.92 Å². The van der Waals surface area contributed by atoms with E-state index in [9.17, 15) is 14.7 Å². The molecule has 0 spiro atoms. The van der Waals surface area contributed by atoms with E-state index in [2.05, 4.69) is 25.5 Å². The predicted octanol–water partition coefficient (Wildman–Crippen LogP) is 1.87. The van der Waals surface area contributed by atoms with E-state index >= 15 is 0 Å². The molecule has 152 valence electrons. The van der Waals surface area contributed by atoms with Crippen LogP contribution in [0.2, 0.25) is 0 Å². The van der Waals surface area contributed by atoms with Gasteiger partial charge in [0.25, 0.3) is 5.91 Å². The second kappa shape index (κ2) is 6.83. The number of anilines is 1. The van der Waals surface area contributed by atoms with Crippen LogP contribution in [0.5, 0.6) is 0 Å². The van der Waals surface area contributed by atoms with Crippen molar-refractivity contribution in [2.24, 2.45) is 0 Å². The number of nitrogens with one attached hydrogen (secondary N) is 2. The number of H-pyrrole nitrogens is 1. The molecule has 3 aromatic heterocycles. The van der Waals surface area contributed by atoms with Gasteiger partial charge in [-0.15, -0.1) is 0 Å². The van der Waals surface area contributed by atoms with Crippen molar-refractivity contribution < 1.29 is 19.1 Å². The average Bonchev–Trinajstić information content (AvgIpc) is 3.46. The highest BCUT2D eigenvalue weighted by Gasteiger charge is 2.40. The lowest BCUT2D eigenvalue weighted by atomic mass is 10.1. The SMILES string of the molecule is Cc1nc(N2CC(NC(=O)c3cc[nH]n3)CC2C(=O)O)c2oc3ccccc3c2n1. The molecule has 10 heteroatoms. The Hall–Kier alpha value is -3.95. The highest BCUT2D eigenvalue weighted by molar-refractivity contribution is 6.06. The Balaban J connectivity index is 1.54. The first-order valence-corrected chi connectivity index (χ1v) is 9.47. The Labute approximate surface area is 169 Å². The van der Waals surface area contributed by atoms with Gasteiger partial charge in [-0.25, -0.2) is 14.8 Å². The van der Waals surface area contributed by atoms with Crippen LogP contribution in [0.3, 0.4) is 0 Å². The summed E-state index contributed by atoms with van der Waals surface area (Å²) >= 11 is 0. The van der Waals surface area contributed by atoms with Gasteiger partial charge in [-0.3, -0.25) is 9.89 Å². The molecule has 1 aromatic carbocycles. The molecule has 0 saturated carbocycles. The number of aryl methyl sites for hydroxylation is 1. The maximum atomic E-state index is 12.4. The number of para-hydroxylation sites is 1. The number of fused-ring (bicyclic) bond motifs is 3. The standard InChI is InChI=1S/C20H18N6O4/c1-10-22-16-12-4-2-3-5-15(12)30-17(16)18(23-10)26-9-11(8-14(26)20(28)29)24-19(27)13-6-7-21-25-13/h2-7,11,14H,8-9H2,1H3,(H,21,25)(H,24,27)(H,28,29). The average molecular weight is 406 g/mol. The molecular weight excluding hydrogens is 388 g/mol. The van der Waals surface area contributed by atoms with E-state index in [4.69, 9.17) is 4.42 Å². The number of aromatic amines is 1. The summed E-state index contributed by atoms with van der Waals surface area (Å²) in [6, 6.07) is 7.81. The second-order valence-electron chi connectivity index (χ2n) is 7.24. The molecule has 4 heterocycles. The fraction of sp³-hybridized carbons (Fsp3) is 0.250. The minimum absolute atomic E-state index is 0.232. The van der Waals surface area contributed by atoms with Gasteiger partial charge < -0.3 is 19.7 Å². The van der Waals surface area contributed by atoms with Gasteiger partial charge >= 0.3 is 5.97 Å². The number of benzene rings is 1. The third-order valence-corrected chi connectivity index (χ3v) is 5.24. The van der Waals surface area contributed by atoms with Crippen molar-refractivity contribution in [1.29, 1.82) is 0 Å². The van der Waals surface area contributed by atoms with Gasteiger partial charge in [0.2, 0.25) is 0 Å². The molecule has 0 radical (unpaired) electrons. The molecule has 3 N–H and O–H groups in total. The van der Waals surface area contributed by atoms with Crippen LogP contribution in [-0.4, -0.2) is 55.8 Å². The van der Waals surface area contributed by atoms with E-state index in [1.807, 2.05) is 24.3 Å². The number of carboxylic acids is 1. The number of carbonyl (C=O) groups excluding carboxylic acids is 1. The van der Waals surface area contributed by atoms with Crippen LogP contribution >= 0.6 is 0 Å². The van der Waals surface area contributed by atoms with Gasteiger partial charge in [0.1, 0.15) is 28.7 Å². The van der Waals surface area contributed by atoms with Crippen LogP contribution in [0.1, 0.15) is 22.7 Å². The predicted molar refractivity (Wildman–Crippen MR) is 107 cm³/mol. The highest BCUT2D eigenvalue weighted by Crippen LogP contribution is 2.35. The van der Waals surface area contributed by atoms with Crippen LogP contribution in [0.25, 0.3) is 22.1 Å². The van der Waals surface area contributed by atoms with Gasteiger partial charge in [-0.2, -0.15) is 5.10 Å². The minimum atomic E-state index is -0.993. The summed E-state index contributed by atoms with van der Waals surface area (Å²) in [5, 5.41) is 20.0. The Kier molecular flexibility index (Phi) is 4.12. The zero-order valence-corrected chi connectivity index (χ0v) is 16.0. The third-order valence-electron chi connectivity index (χ3n) is 5.24. The first-order chi connectivity index (χ1) is 14.5. The number of rotatable bonds is 4. The van der Waals surface area contributed by atoms with E-state index in [1.54, 1.807) is 24.1 Å². The van der Waals surface area contributed by atoms with Gasteiger partial charge in [-0.05, 0) is 25.1 Å². The molecular formula is C20H18N6O4. The maximum absolute atomic E-state index is 12.4. The van der Waals surface area contributed by atoms with Gasteiger partial charge in [0.05, 0.1) is 0 Å². The number of aliphatic carboxylic acids is 1. The van der Waals surface area contributed by atoms with Crippen LogP contribution in [0.15, 0.2) is 40.9 Å². The number of carboxylic acid groups (broad SMARTS) is 1. The molecule has 10 nitrogen and oxygen atoms in total. The van der Waals surface area contributed by atoms with Crippen molar-refractivity contribution in [3.05, 3.63) is 48.0 Å². The molecule has 0 bridgehead atoms. The number of carbonyl (C=O) groups is 2. The van der Waals surface area contributed by atoms with Crippen LogP contribution in [0.4, 0.5) is 5.82 Å². The molecule has 30 heavy (non-hydrogen) atoms. The quantitative estimate of drug-likeness (QED) is 0.467. The normalized spacial score (nSPS) is 18.9. The lowest BCUT2D eigenvalue weighted by Crippen LogP contribution is -2.38. The molecule has 4 aromatic rings. The Bertz CT molecular complexity index is 1270. The number of hydrogen-bond acceptors (Lipinski definition) is 7. The third kappa shape index (κ3) is 2.93. The number of aromatic nitrogens is 4. The molecule has 5 rings (SSSR count). The summed E-state index contributed by atoms with van der Waals surface area (Å²) in [6.07, 6.45) is 1.79. The summed E-state index contributed by atoms with van der Waals surface area (Å²) in [6.45, 7) is 2.03. The summed E-state index contributed by atoms with van der Waals surface area (Å²) in [7, 11) is 0. The van der Waals surface area contributed by atoms with E-state index in [-0.39, 0.29) is 30.6 Å². The van der Waals surface area contributed by atoms with Crippen molar-refractivity contribution in [2.45, 2.75) is 25.4 Å². The first-order valence-electron chi connectivity index (χ1n) is 9.47. The zero-order chi connectivity index (χ0) is 20.8. The van der Waals surface area contributed by atoms with Gasteiger partial charge in [-0.1, -0.05) is 12.1 Å². The fourth-order valence-electron chi connectivity index (χ4n) is 3.93. The summed E-state index contributed by atoms with van der Waals surface area (Å²) in [4.78, 5) is 35.0. The number of amides is 1. The molecule has 1 fully saturated rings. The maximum Gasteiger partial charge on any atom is 0.326 e. The monoisotopic (exact) mass is 406 g/mol. The summed E-state index contributed by atoms with van der Waals surface area (Å²) < 4.78 is 5.99. The van der Waals surface area contributed by atoms with Crippen molar-refractivity contribution >= 4 is 39.8 Å². The van der Waals surface area contributed by atoms with Crippen molar-refractivity contribution in [1.82, 2.24) is 25.5 Å². The number of hydrogen-bond donors (Lipinski definition) is 3. The molecule has 2 atom stereocenters. The van der Waals surface area contributed by atoms with Crippen LogP contribution < -0.4 is 10.2 Å². The lowest BCUT2D eigenvalue weighted by Gasteiger charge is -2.22. The Morgan fingerprint density at radius 1 is 1.27 bits per heavy atom. The smallest absolute Gasteiger partial charge is 0.326 e. The van der Waals surface area contributed by atoms with Crippen molar-refractivity contribution in [3.63, 3.8) is 0 Å². The molecule has 0 aliphatic carbocycles. The van der Waals surface area contributed by atoms with E-state index < -0.39 is 12.0 Å². The first kappa shape index (κ1) is 18.1. The lowest BCUT2D eigenvalue weighted by molar-refractivity contribution is -0.138. The number of nitrogens with zero attached hydrogens (tertiary/aromatic N) is 4. The largest absolute Gasteiger partial charge is 0.480 e. The van der Waals surface area contributed by atoms with Gasteiger partial charge in [0.15, 0.2) is 11.4 Å².